The number of hydrogen-bond donors (Lipinski definition) is 1. The summed E-state index contributed by atoms with van der Waals surface area (Å²) in [7, 11) is 3.75. The molecule has 0 spiro atoms. The quantitative estimate of drug-likeness (QED) is 0.299. The number of nitrogens with zero attached hydrogens (tertiary/aromatic N) is 2. The molecule has 1 saturated carbocycles. The Kier molecular flexibility index (Phi) is 8.62. The summed E-state index contributed by atoms with van der Waals surface area (Å²) in [5.41, 5.74) is 5.18. The molecule has 1 aliphatic heterocycles. The highest BCUT2D eigenvalue weighted by atomic mass is 35.5. The van der Waals surface area contributed by atoms with Crippen LogP contribution in [0.5, 0.6) is 17.2 Å². The molecule has 2 amide bonds. The predicted molar refractivity (Wildman–Crippen MR) is 179 cm³/mol. The number of phenols is 1. The summed E-state index contributed by atoms with van der Waals surface area (Å²) in [6.45, 7) is 13.0. The Morgan fingerprint density at radius 1 is 0.864 bits per heavy atom. The molecule has 6 nitrogen and oxygen atoms in total. The van der Waals surface area contributed by atoms with Gasteiger partial charge in [0, 0.05) is 24.8 Å². The van der Waals surface area contributed by atoms with E-state index in [0.717, 1.165) is 83.5 Å². The summed E-state index contributed by atoms with van der Waals surface area (Å²) in [5, 5.41) is 11.8. The molecule has 236 valence electrons. The van der Waals surface area contributed by atoms with Crippen LogP contribution >= 0.6 is 11.6 Å². The van der Waals surface area contributed by atoms with E-state index in [9.17, 15) is 9.90 Å². The van der Waals surface area contributed by atoms with E-state index >= 15 is 0 Å². The van der Waals surface area contributed by atoms with Crippen molar-refractivity contribution >= 4 is 23.3 Å². The van der Waals surface area contributed by atoms with Crippen LogP contribution in [-0.2, 0) is 29.2 Å². The average molecular weight is 619 g/mol. The number of hydrogen-bond acceptors (Lipinski definition) is 4. The first-order chi connectivity index (χ1) is 20.6. The Hall–Kier alpha value is -3.38. The molecule has 44 heavy (non-hydrogen) atoms. The summed E-state index contributed by atoms with van der Waals surface area (Å²) < 4.78 is 11.2. The van der Waals surface area contributed by atoms with Gasteiger partial charge in [0.25, 0.3) is 0 Å². The monoisotopic (exact) mass is 618 g/mol. The first-order valence-electron chi connectivity index (χ1n) is 15.7. The van der Waals surface area contributed by atoms with Crippen LogP contribution in [0.3, 0.4) is 0 Å². The SMILES string of the molecule is CN(C(=O)N(C)C1(c2ccc3c(c2)OCO3)CCCC1)c1cc(Cl)ccc1CCc1cc(C(C)(C)C)c(O)c(C(C)(C)C)c1. The van der Waals surface area contributed by atoms with E-state index in [-0.39, 0.29) is 23.7 Å². The Balaban J connectivity index is 1.43. The fraction of sp³-hybridized carbons (Fsp3) is 0.486. The van der Waals surface area contributed by atoms with E-state index in [4.69, 9.17) is 21.1 Å². The number of phenolic OH excluding ortho intramolecular Hbond substituents is 1. The molecule has 0 atom stereocenters. The minimum absolute atomic E-state index is 0.0808. The van der Waals surface area contributed by atoms with Crippen molar-refractivity contribution in [3.8, 4) is 17.2 Å². The molecule has 0 radical (unpaired) electrons. The second-order valence-corrected chi connectivity index (χ2v) is 15.0. The van der Waals surface area contributed by atoms with Crippen molar-refractivity contribution in [3.05, 3.63) is 81.4 Å². The lowest BCUT2D eigenvalue weighted by Gasteiger charge is -2.41. The number of carbonyl (C=O) groups is 1. The van der Waals surface area contributed by atoms with E-state index in [2.05, 4.69) is 59.7 Å². The summed E-state index contributed by atoms with van der Waals surface area (Å²) >= 11 is 6.52. The van der Waals surface area contributed by atoms with Gasteiger partial charge >= 0.3 is 6.03 Å². The number of halogens is 1. The van der Waals surface area contributed by atoms with Gasteiger partial charge in [-0.05, 0) is 88.6 Å². The molecule has 1 heterocycles. The summed E-state index contributed by atoms with van der Waals surface area (Å²) in [5.74, 6) is 1.87. The van der Waals surface area contributed by atoms with Gasteiger partial charge < -0.3 is 19.5 Å². The van der Waals surface area contributed by atoms with Gasteiger partial charge in [-0.15, -0.1) is 0 Å². The average Bonchev–Trinajstić information content (AvgIpc) is 3.65. The first kappa shape index (κ1) is 32.0. The second kappa shape index (κ2) is 11.8. The van der Waals surface area contributed by atoms with Crippen molar-refractivity contribution in [2.75, 3.05) is 25.8 Å². The van der Waals surface area contributed by atoms with Gasteiger partial charge in [-0.2, -0.15) is 0 Å². The van der Waals surface area contributed by atoms with Crippen LogP contribution in [0.15, 0.2) is 48.5 Å². The number of amides is 2. The minimum Gasteiger partial charge on any atom is -0.507 e. The van der Waals surface area contributed by atoms with Gasteiger partial charge in [-0.25, -0.2) is 4.79 Å². The van der Waals surface area contributed by atoms with Crippen molar-refractivity contribution in [2.24, 2.45) is 0 Å². The van der Waals surface area contributed by atoms with Crippen LogP contribution in [0.1, 0.15) is 95.0 Å². The van der Waals surface area contributed by atoms with Gasteiger partial charge in [0.15, 0.2) is 11.5 Å². The number of aromatic hydroxyl groups is 1. The fourth-order valence-electron chi connectivity index (χ4n) is 6.80. The van der Waals surface area contributed by atoms with Gasteiger partial charge in [-0.1, -0.05) is 90.3 Å². The fourth-order valence-corrected chi connectivity index (χ4v) is 6.96. The van der Waals surface area contributed by atoms with Crippen LogP contribution in [-0.4, -0.2) is 36.9 Å². The van der Waals surface area contributed by atoms with Crippen molar-refractivity contribution in [2.45, 2.75) is 96.4 Å². The van der Waals surface area contributed by atoms with Crippen molar-refractivity contribution in [1.82, 2.24) is 4.90 Å². The lowest BCUT2D eigenvalue weighted by molar-refractivity contribution is 0.142. The maximum absolute atomic E-state index is 14.3. The van der Waals surface area contributed by atoms with Crippen LogP contribution in [0.2, 0.25) is 5.02 Å². The molecule has 3 aromatic carbocycles. The van der Waals surface area contributed by atoms with E-state index < -0.39 is 5.54 Å². The number of rotatable bonds is 6. The molecule has 0 saturated heterocycles. The standard InChI is InChI=1S/C37H47ClN2O4/c1-35(2,3)28-19-24(20-29(33(28)41)36(4,5)6)11-12-25-13-15-27(38)22-30(25)39(7)34(42)40(8)37(17-9-10-18-37)26-14-16-31-32(21-26)44-23-43-31/h13-16,19-22,41H,9-12,17-18,23H2,1-8H3. The van der Waals surface area contributed by atoms with E-state index in [1.54, 1.807) is 4.90 Å². The smallest absolute Gasteiger partial charge is 0.324 e. The number of urea groups is 1. The summed E-state index contributed by atoms with van der Waals surface area (Å²) in [4.78, 5) is 17.9. The normalized spacial score (nSPS) is 15.8. The topological polar surface area (TPSA) is 62.2 Å². The Labute approximate surface area is 267 Å². The van der Waals surface area contributed by atoms with Gasteiger partial charge in [0.2, 0.25) is 6.79 Å². The van der Waals surface area contributed by atoms with Gasteiger partial charge in [0.1, 0.15) is 5.75 Å². The van der Waals surface area contributed by atoms with Crippen molar-refractivity contribution in [1.29, 1.82) is 0 Å². The highest BCUT2D eigenvalue weighted by Crippen LogP contribution is 2.47. The number of benzene rings is 3. The lowest BCUT2D eigenvalue weighted by Crippen LogP contribution is -2.50. The van der Waals surface area contributed by atoms with E-state index in [1.807, 2.05) is 49.3 Å². The molecular weight excluding hydrogens is 572 g/mol. The molecule has 2 aliphatic rings. The van der Waals surface area contributed by atoms with Crippen LogP contribution in [0, 0.1) is 0 Å². The molecule has 1 N–H and O–H groups in total. The van der Waals surface area contributed by atoms with Crippen molar-refractivity contribution in [3.63, 3.8) is 0 Å². The zero-order chi connectivity index (χ0) is 32.0. The third-order valence-corrected chi connectivity index (χ3v) is 9.67. The lowest BCUT2D eigenvalue weighted by atomic mass is 9.78. The Bertz CT molecular complexity index is 1510. The zero-order valence-corrected chi connectivity index (χ0v) is 28.3. The molecule has 1 fully saturated rings. The number of carbonyl (C=O) groups excluding carboxylic acids is 1. The largest absolute Gasteiger partial charge is 0.507 e. The molecule has 0 unspecified atom stereocenters. The number of anilines is 1. The Morgan fingerprint density at radius 3 is 2.09 bits per heavy atom. The van der Waals surface area contributed by atoms with E-state index in [1.165, 1.54) is 0 Å². The van der Waals surface area contributed by atoms with E-state index in [0.29, 0.717) is 10.8 Å². The number of fused-ring (bicyclic) bond motifs is 1. The van der Waals surface area contributed by atoms with Crippen LogP contribution < -0.4 is 14.4 Å². The van der Waals surface area contributed by atoms with Gasteiger partial charge in [0.05, 0.1) is 5.54 Å². The Morgan fingerprint density at radius 2 is 1.48 bits per heavy atom. The van der Waals surface area contributed by atoms with Gasteiger partial charge in [-0.3, -0.25) is 4.90 Å². The minimum atomic E-state index is -0.427. The van der Waals surface area contributed by atoms with Crippen LogP contribution in [0.4, 0.5) is 10.5 Å². The third kappa shape index (κ3) is 6.10. The number of aryl methyl sites for hydroxylation is 2. The molecule has 1 aliphatic carbocycles. The summed E-state index contributed by atoms with van der Waals surface area (Å²) in [6.07, 6.45) is 5.37. The molecular formula is C37H47ClN2O4. The highest BCUT2D eigenvalue weighted by Gasteiger charge is 2.43. The highest BCUT2D eigenvalue weighted by molar-refractivity contribution is 6.31. The maximum Gasteiger partial charge on any atom is 0.324 e. The van der Waals surface area contributed by atoms with Crippen LogP contribution in [0.25, 0.3) is 0 Å². The molecule has 7 heteroatoms. The predicted octanol–water partition coefficient (Wildman–Crippen LogP) is 9.11. The number of ether oxygens (including phenoxy) is 2. The zero-order valence-electron chi connectivity index (χ0n) is 27.5. The van der Waals surface area contributed by atoms with Crippen molar-refractivity contribution < 1.29 is 19.4 Å². The summed E-state index contributed by atoms with van der Waals surface area (Å²) in [6, 6.07) is 16.1. The third-order valence-electron chi connectivity index (χ3n) is 9.43. The first-order valence-corrected chi connectivity index (χ1v) is 16.1. The molecule has 5 rings (SSSR count). The second-order valence-electron chi connectivity index (χ2n) is 14.5. The maximum atomic E-state index is 14.3. The molecule has 3 aromatic rings. The molecule has 0 aromatic heterocycles. The molecule has 0 bridgehead atoms.